The Hall–Kier alpha value is -2.34. The summed E-state index contributed by atoms with van der Waals surface area (Å²) in [4.78, 5) is 16.8. The van der Waals surface area contributed by atoms with Crippen molar-refractivity contribution in [3.63, 3.8) is 0 Å². The Bertz CT molecular complexity index is 670. The molecule has 0 bridgehead atoms. The molecule has 0 unspecified atom stereocenters. The molecule has 2 aromatic heterocycles. The van der Waals surface area contributed by atoms with E-state index in [4.69, 9.17) is 4.42 Å². The summed E-state index contributed by atoms with van der Waals surface area (Å²) in [6.07, 6.45) is 2.88. The smallest absolute Gasteiger partial charge is 0.315 e. The fourth-order valence-corrected chi connectivity index (χ4v) is 2.77. The van der Waals surface area contributed by atoms with E-state index in [-0.39, 0.29) is 24.0 Å². The summed E-state index contributed by atoms with van der Waals surface area (Å²) in [5.74, 6) is 0.696. The number of amides is 2. The molecule has 0 saturated carbocycles. The van der Waals surface area contributed by atoms with Crippen LogP contribution < -0.4 is 10.6 Å². The van der Waals surface area contributed by atoms with Crippen LogP contribution in [0.2, 0.25) is 0 Å². The number of nitrogens with zero attached hydrogens (tertiary/aromatic N) is 1. The number of rotatable bonds is 7. The van der Waals surface area contributed by atoms with Gasteiger partial charge in [0, 0.05) is 18.7 Å². The molecule has 25 heavy (non-hydrogen) atoms. The van der Waals surface area contributed by atoms with Gasteiger partial charge in [-0.3, -0.25) is 4.98 Å². The standard InChI is InChI=1S/C19H27N3O3/c1-12(2)17(18-13(3)7-5-9-20-18)22-19(24)21-14(4)11-15(23)16-8-6-10-25-16/h5-10,12,14-15,17,23H,11H2,1-4H3,(H2,21,22,24)/t14-,15+,17+/m0/s1. The number of urea groups is 1. The number of aliphatic hydroxyl groups excluding tert-OH is 1. The highest BCUT2D eigenvalue weighted by Gasteiger charge is 2.22. The maximum atomic E-state index is 12.4. The van der Waals surface area contributed by atoms with Crippen molar-refractivity contribution in [1.29, 1.82) is 0 Å². The SMILES string of the molecule is Cc1cccnc1[C@H](NC(=O)N[C@@H](C)C[C@@H](O)c1ccco1)C(C)C. The Morgan fingerprint density at radius 3 is 2.60 bits per heavy atom. The fourth-order valence-electron chi connectivity index (χ4n) is 2.77. The third kappa shape index (κ3) is 5.32. The zero-order valence-electron chi connectivity index (χ0n) is 15.2. The number of hydrogen-bond acceptors (Lipinski definition) is 4. The molecule has 0 radical (unpaired) electrons. The Morgan fingerprint density at radius 2 is 2.00 bits per heavy atom. The number of pyridine rings is 1. The molecule has 2 rings (SSSR count). The molecule has 6 nitrogen and oxygen atoms in total. The van der Waals surface area contributed by atoms with E-state index in [0.29, 0.717) is 12.2 Å². The predicted octanol–water partition coefficient (Wildman–Crippen LogP) is 3.49. The molecule has 0 aliphatic rings. The minimum Gasteiger partial charge on any atom is -0.467 e. The van der Waals surface area contributed by atoms with E-state index < -0.39 is 6.10 Å². The maximum Gasteiger partial charge on any atom is 0.315 e. The lowest BCUT2D eigenvalue weighted by Crippen LogP contribution is -2.44. The van der Waals surface area contributed by atoms with Gasteiger partial charge in [-0.25, -0.2) is 4.79 Å². The van der Waals surface area contributed by atoms with Crippen molar-refractivity contribution < 1.29 is 14.3 Å². The first kappa shape index (κ1) is 19.0. The van der Waals surface area contributed by atoms with Crippen LogP contribution in [0.15, 0.2) is 41.1 Å². The molecule has 2 aromatic rings. The molecule has 2 amide bonds. The second kappa shape index (κ2) is 8.67. The van der Waals surface area contributed by atoms with Crippen molar-refractivity contribution in [2.45, 2.75) is 52.3 Å². The van der Waals surface area contributed by atoms with Crippen LogP contribution in [-0.4, -0.2) is 22.2 Å². The van der Waals surface area contributed by atoms with Crippen molar-refractivity contribution in [3.05, 3.63) is 53.7 Å². The second-order valence-corrected chi connectivity index (χ2v) is 6.71. The average Bonchev–Trinajstić information content (AvgIpc) is 3.07. The molecule has 3 atom stereocenters. The minimum absolute atomic E-state index is 0.177. The number of nitrogens with one attached hydrogen (secondary N) is 2. The summed E-state index contributed by atoms with van der Waals surface area (Å²) in [5.41, 5.74) is 1.92. The lowest BCUT2D eigenvalue weighted by molar-refractivity contribution is 0.129. The van der Waals surface area contributed by atoms with E-state index in [1.54, 1.807) is 18.3 Å². The molecular weight excluding hydrogens is 318 g/mol. The Balaban J connectivity index is 1.94. The molecule has 0 aromatic carbocycles. The molecule has 136 valence electrons. The number of furan rings is 1. The van der Waals surface area contributed by atoms with E-state index >= 15 is 0 Å². The van der Waals surface area contributed by atoms with E-state index in [1.807, 2.05) is 39.8 Å². The summed E-state index contributed by atoms with van der Waals surface area (Å²) in [6.45, 7) is 7.92. The zero-order chi connectivity index (χ0) is 18.4. The molecule has 0 saturated heterocycles. The number of carbonyl (C=O) groups is 1. The quantitative estimate of drug-likeness (QED) is 0.717. The van der Waals surface area contributed by atoms with Gasteiger partial charge in [0.05, 0.1) is 18.0 Å². The second-order valence-electron chi connectivity index (χ2n) is 6.71. The van der Waals surface area contributed by atoms with Gasteiger partial charge in [-0.1, -0.05) is 19.9 Å². The van der Waals surface area contributed by atoms with Crippen LogP contribution in [0.4, 0.5) is 4.79 Å². The predicted molar refractivity (Wildman–Crippen MR) is 96.0 cm³/mol. The van der Waals surface area contributed by atoms with E-state index in [9.17, 15) is 9.90 Å². The topological polar surface area (TPSA) is 87.4 Å². The van der Waals surface area contributed by atoms with Crippen molar-refractivity contribution >= 4 is 6.03 Å². The lowest BCUT2D eigenvalue weighted by atomic mass is 9.97. The molecule has 3 N–H and O–H groups in total. The maximum absolute atomic E-state index is 12.4. The number of aryl methyl sites for hydroxylation is 1. The van der Waals surface area contributed by atoms with Crippen molar-refractivity contribution in [2.75, 3.05) is 0 Å². The molecule has 0 aliphatic carbocycles. The van der Waals surface area contributed by atoms with Crippen LogP contribution in [0, 0.1) is 12.8 Å². The van der Waals surface area contributed by atoms with Gasteiger partial charge in [-0.05, 0) is 43.5 Å². The molecule has 0 fully saturated rings. The van der Waals surface area contributed by atoms with Gasteiger partial charge in [-0.2, -0.15) is 0 Å². The van der Waals surface area contributed by atoms with Crippen molar-refractivity contribution in [3.8, 4) is 0 Å². The van der Waals surface area contributed by atoms with E-state index in [1.165, 1.54) is 6.26 Å². The normalized spacial score (nSPS) is 14.8. The van der Waals surface area contributed by atoms with E-state index in [0.717, 1.165) is 11.3 Å². The van der Waals surface area contributed by atoms with Crippen LogP contribution in [0.25, 0.3) is 0 Å². The molecule has 2 heterocycles. The third-order valence-corrected chi connectivity index (χ3v) is 4.12. The first-order valence-electron chi connectivity index (χ1n) is 8.58. The van der Waals surface area contributed by atoms with Gasteiger partial charge in [0.25, 0.3) is 0 Å². The van der Waals surface area contributed by atoms with Crippen LogP contribution >= 0.6 is 0 Å². The molecule has 0 spiro atoms. The zero-order valence-corrected chi connectivity index (χ0v) is 15.2. The number of hydrogen-bond donors (Lipinski definition) is 3. The average molecular weight is 345 g/mol. The third-order valence-electron chi connectivity index (χ3n) is 4.12. The Labute approximate surface area is 148 Å². The monoisotopic (exact) mass is 345 g/mol. The lowest BCUT2D eigenvalue weighted by Gasteiger charge is -2.25. The number of carbonyl (C=O) groups excluding carboxylic acids is 1. The van der Waals surface area contributed by atoms with Gasteiger partial charge < -0.3 is 20.2 Å². The summed E-state index contributed by atoms with van der Waals surface area (Å²) in [6, 6.07) is 6.65. The Morgan fingerprint density at radius 1 is 1.24 bits per heavy atom. The van der Waals surface area contributed by atoms with E-state index in [2.05, 4.69) is 15.6 Å². The summed E-state index contributed by atoms with van der Waals surface area (Å²) in [5, 5.41) is 16.0. The summed E-state index contributed by atoms with van der Waals surface area (Å²) < 4.78 is 5.18. The van der Waals surface area contributed by atoms with Crippen LogP contribution in [-0.2, 0) is 0 Å². The summed E-state index contributed by atoms with van der Waals surface area (Å²) >= 11 is 0. The fraction of sp³-hybridized carbons (Fsp3) is 0.474. The minimum atomic E-state index is -0.746. The first-order chi connectivity index (χ1) is 11.9. The first-order valence-corrected chi connectivity index (χ1v) is 8.58. The molecule has 6 heteroatoms. The van der Waals surface area contributed by atoms with Crippen LogP contribution in [0.5, 0.6) is 0 Å². The molecular formula is C19H27N3O3. The molecule has 0 aliphatic heterocycles. The van der Waals surface area contributed by atoms with Gasteiger partial charge in [0.2, 0.25) is 0 Å². The van der Waals surface area contributed by atoms with Crippen LogP contribution in [0.3, 0.4) is 0 Å². The van der Waals surface area contributed by atoms with Gasteiger partial charge in [0.15, 0.2) is 0 Å². The largest absolute Gasteiger partial charge is 0.467 e. The number of aliphatic hydroxyl groups is 1. The van der Waals surface area contributed by atoms with Crippen molar-refractivity contribution in [1.82, 2.24) is 15.6 Å². The highest BCUT2D eigenvalue weighted by Crippen LogP contribution is 2.23. The summed E-state index contributed by atoms with van der Waals surface area (Å²) in [7, 11) is 0. The van der Waals surface area contributed by atoms with Gasteiger partial charge >= 0.3 is 6.03 Å². The van der Waals surface area contributed by atoms with Gasteiger partial charge in [0.1, 0.15) is 11.9 Å². The van der Waals surface area contributed by atoms with Crippen LogP contribution in [0.1, 0.15) is 56.4 Å². The number of aromatic nitrogens is 1. The van der Waals surface area contributed by atoms with Crippen molar-refractivity contribution in [2.24, 2.45) is 5.92 Å². The Kier molecular flexibility index (Phi) is 6.58. The highest BCUT2D eigenvalue weighted by atomic mass is 16.4. The van der Waals surface area contributed by atoms with Gasteiger partial charge in [-0.15, -0.1) is 0 Å². The highest BCUT2D eigenvalue weighted by molar-refractivity contribution is 5.74.